The van der Waals surface area contributed by atoms with Crippen molar-refractivity contribution in [1.82, 2.24) is 5.32 Å². The molecule has 0 aromatic heterocycles. The lowest BCUT2D eigenvalue weighted by molar-refractivity contribution is -0.117. The normalized spacial score (nSPS) is 11.9. The first-order valence-corrected chi connectivity index (χ1v) is 5.97. The Balaban J connectivity index is 2.85. The second-order valence-electron chi connectivity index (χ2n) is 3.18. The predicted octanol–water partition coefficient (Wildman–Crippen LogP) is 2.77. The Bertz CT molecular complexity index is 362. The standard InChI is InChI=1S/C12H15NOS/c1-4-12(14)13-9(2)10-7-5-6-8-11(10)15-3/h4-9H,1H2,2-3H3,(H,13,14)/t9-/m1/s1. The summed E-state index contributed by atoms with van der Waals surface area (Å²) in [5.41, 5.74) is 1.14. The summed E-state index contributed by atoms with van der Waals surface area (Å²) < 4.78 is 0. The lowest BCUT2D eigenvalue weighted by Gasteiger charge is -2.15. The van der Waals surface area contributed by atoms with E-state index in [9.17, 15) is 4.79 Å². The zero-order valence-electron chi connectivity index (χ0n) is 8.99. The third-order valence-electron chi connectivity index (χ3n) is 2.15. The van der Waals surface area contributed by atoms with Gasteiger partial charge in [-0.2, -0.15) is 0 Å². The molecule has 0 fully saturated rings. The van der Waals surface area contributed by atoms with Crippen molar-refractivity contribution in [2.45, 2.75) is 17.9 Å². The van der Waals surface area contributed by atoms with Gasteiger partial charge in [-0.3, -0.25) is 4.79 Å². The van der Waals surface area contributed by atoms with Crippen LogP contribution in [0, 0.1) is 0 Å². The molecule has 0 aliphatic rings. The number of nitrogens with one attached hydrogen (secondary N) is 1. The number of amides is 1. The van der Waals surface area contributed by atoms with Crippen molar-refractivity contribution in [3.8, 4) is 0 Å². The molecule has 0 aliphatic carbocycles. The molecule has 0 heterocycles. The van der Waals surface area contributed by atoms with Crippen LogP contribution in [0.2, 0.25) is 0 Å². The van der Waals surface area contributed by atoms with Crippen molar-refractivity contribution in [2.75, 3.05) is 6.26 Å². The summed E-state index contributed by atoms with van der Waals surface area (Å²) in [5, 5.41) is 2.85. The second kappa shape index (κ2) is 5.61. The van der Waals surface area contributed by atoms with Crippen LogP contribution in [0.15, 0.2) is 41.8 Å². The number of benzene rings is 1. The van der Waals surface area contributed by atoms with Crippen molar-refractivity contribution in [3.63, 3.8) is 0 Å². The van der Waals surface area contributed by atoms with Gasteiger partial charge in [0.25, 0.3) is 0 Å². The van der Waals surface area contributed by atoms with Crippen molar-refractivity contribution in [3.05, 3.63) is 42.5 Å². The van der Waals surface area contributed by atoms with Gasteiger partial charge in [-0.1, -0.05) is 24.8 Å². The van der Waals surface area contributed by atoms with Gasteiger partial charge >= 0.3 is 0 Å². The zero-order valence-corrected chi connectivity index (χ0v) is 9.80. The van der Waals surface area contributed by atoms with Gasteiger partial charge in [-0.05, 0) is 30.9 Å². The van der Waals surface area contributed by atoms with E-state index in [0.29, 0.717) is 0 Å². The predicted molar refractivity (Wildman–Crippen MR) is 65.0 cm³/mol. The van der Waals surface area contributed by atoms with Crippen LogP contribution in [0.5, 0.6) is 0 Å². The number of hydrogen-bond acceptors (Lipinski definition) is 2. The van der Waals surface area contributed by atoms with E-state index in [1.165, 1.54) is 11.0 Å². The molecule has 0 unspecified atom stereocenters. The second-order valence-corrected chi connectivity index (χ2v) is 4.02. The van der Waals surface area contributed by atoms with E-state index in [1.54, 1.807) is 11.8 Å². The van der Waals surface area contributed by atoms with Crippen LogP contribution in [0.25, 0.3) is 0 Å². The molecule has 1 atom stereocenters. The maximum absolute atomic E-state index is 11.2. The molecule has 1 amide bonds. The molecule has 3 heteroatoms. The molecule has 0 radical (unpaired) electrons. The van der Waals surface area contributed by atoms with Gasteiger partial charge in [0.1, 0.15) is 0 Å². The molecule has 2 nitrogen and oxygen atoms in total. The largest absolute Gasteiger partial charge is 0.346 e. The molecule has 0 spiro atoms. The summed E-state index contributed by atoms with van der Waals surface area (Å²) in [5.74, 6) is -0.140. The maximum Gasteiger partial charge on any atom is 0.243 e. The van der Waals surface area contributed by atoms with Crippen LogP contribution in [0.3, 0.4) is 0 Å². The van der Waals surface area contributed by atoms with Crippen LogP contribution >= 0.6 is 11.8 Å². The Morgan fingerprint density at radius 1 is 1.53 bits per heavy atom. The van der Waals surface area contributed by atoms with E-state index >= 15 is 0 Å². The summed E-state index contributed by atoms with van der Waals surface area (Å²) in [6, 6.07) is 8.07. The van der Waals surface area contributed by atoms with Crippen LogP contribution in [0.1, 0.15) is 18.5 Å². The monoisotopic (exact) mass is 221 g/mol. The highest BCUT2D eigenvalue weighted by molar-refractivity contribution is 7.98. The van der Waals surface area contributed by atoms with Crippen LogP contribution in [-0.4, -0.2) is 12.2 Å². The first-order chi connectivity index (χ1) is 7.19. The molecule has 1 N–H and O–H groups in total. The molecule has 0 saturated heterocycles. The lowest BCUT2D eigenvalue weighted by Crippen LogP contribution is -2.24. The molecule has 80 valence electrons. The van der Waals surface area contributed by atoms with Gasteiger partial charge in [0.05, 0.1) is 6.04 Å². The van der Waals surface area contributed by atoms with Crippen molar-refractivity contribution >= 4 is 17.7 Å². The van der Waals surface area contributed by atoms with Crippen LogP contribution in [-0.2, 0) is 4.79 Å². The minimum absolute atomic E-state index is 0.0131. The van der Waals surface area contributed by atoms with Gasteiger partial charge in [0, 0.05) is 4.90 Å². The highest BCUT2D eigenvalue weighted by atomic mass is 32.2. The Morgan fingerprint density at radius 2 is 2.20 bits per heavy atom. The van der Waals surface area contributed by atoms with Gasteiger partial charge in [0.15, 0.2) is 0 Å². The number of carbonyl (C=O) groups excluding carboxylic acids is 1. The third-order valence-corrected chi connectivity index (χ3v) is 2.96. The highest BCUT2D eigenvalue weighted by Crippen LogP contribution is 2.25. The highest BCUT2D eigenvalue weighted by Gasteiger charge is 2.10. The number of rotatable bonds is 4. The summed E-state index contributed by atoms with van der Waals surface area (Å²) in [4.78, 5) is 12.3. The summed E-state index contributed by atoms with van der Waals surface area (Å²) >= 11 is 1.68. The van der Waals surface area contributed by atoms with Crippen molar-refractivity contribution in [1.29, 1.82) is 0 Å². The van der Waals surface area contributed by atoms with Crippen molar-refractivity contribution < 1.29 is 4.79 Å². The average molecular weight is 221 g/mol. The summed E-state index contributed by atoms with van der Waals surface area (Å²) in [7, 11) is 0. The van der Waals surface area contributed by atoms with E-state index in [4.69, 9.17) is 0 Å². The summed E-state index contributed by atoms with van der Waals surface area (Å²) in [6.07, 6.45) is 3.32. The minimum atomic E-state index is -0.140. The van der Waals surface area contributed by atoms with Crippen LogP contribution in [0.4, 0.5) is 0 Å². The molecule has 1 rings (SSSR count). The first kappa shape index (κ1) is 11.9. The number of thioether (sulfide) groups is 1. The molecule has 0 saturated carbocycles. The van der Waals surface area contributed by atoms with E-state index in [2.05, 4.69) is 18.0 Å². The van der Waals surface area contributed by atoms with Gasteiger partial charge in [0.2, 0.25) is 5.91 Å². The van der Waals surface area contributed by atoms with Crippen molar-refractivity contribution in [2.24, 2.45) is 0 Å². The minimum Gasteiger partial charge on any atom is -0.346 e. The van der Waals surface area contributed by atoms with Crippen LogP contribution < -0.4 is 5.32 Å². The lowest BCUT2D eigenvalue weighted by atomic mass is 10.1. The van der Waals surface area contributed by atoms with Gasteiger partial charge in [-0.25, -0.2) is 0 Å². The Morgan fingerprint density at radius 3 is 2.80 bits per heavy atom. The van der Waals surface area contributed by atoms with E-state index < -0.39 is 0 Å². The molecular formula is C12H15NOS. The smallest absolute Gasteiger partial charge is 0.243 e. The molecular weight excluding hydrogens is 206 g/mol. The topological polar surface area (TPSA) is 29.1 Å². The number of carbonyl (C=O) groups is 1. The molecule has 0 aliphatic heterocycles. The molecule has 0 bridgehead atoms. The van der Waals surface area contributed by atoms with E-state index in [1.807, 2.05) is 31.4 Å². The van der Waals surface area contributed by atoms with Gasteiger partial charge in [-0.15, -0.1) is 11.8 Å². The first-order valence-electron chi connectivity index (χ1n) is 4.75. The SMILES string of the molecule is C=CC(=O)N[C@H](C)c1ccccc1SC. The average Bonchev–Trinajstić information content (AvgIpc) is 2.28. The quantitative estimate of drug-likeness (QED) is 0.625. The van der Waals surface area contributed by atoms with E-state index in [0.717, 1.165) is 5.56 Å². The fourth-order valence-corrected chi connectivity index (χ4v) is 2.07. The van der Waals surface area contributed by atoms with Gasteiger partial charge < -0.3 is 5.32 Å². The Labute approximate surface area is 94.8 Å². The summed E-state index contributed by atoms with van der Waals surface area (Å²) in [6.45, 7) is 5.40. The fraction of sp³-hybridized carbons (Fsp3) is 0.250. The Kier molecular flexibility index (Phi) is 4.43. The zero-order chi connectivity index (χ0) is 11.3. The van der Waals surface area contributed by atoms with E-state index in [-0.39, 0.29) is 11.9 Å². The molecule has 1 aromatic carbocycles. The molecule has 1 aromatic rings. The number of hydrogen-bond donors (Lipinski definition) is 1. The molecule has 15 heavy (non-hydrogen) atoms. The maximum atomic E-state index is 11.2. The Hall–Kier alpha value is -1.22. The third kappa shape index (κ3) is 3.13. The fourth-order valence-electron chi connectivity index (χ4n) is 1.37.